The minimum Gasteiger partial charge on any atom is -0.493 e. The van der Waals surface area contributed by atoms with E-state index in [2.05, 4.69) is 26.6 Å². The Morgan fingerprint density at radius 1 is 0.935 bits per heavy atom. The highest BCUT2D eigenvalue weighted by Crippen LogP contribution is 2.40. The number of nitrogens with one attached hydrogen (secondary N) is 2. The quantitative estimate of drug-likeness (QED) is 0.0886. The monoisotopic (exact) mass is 637 g/mol. The zero-order valence-electron chi connectivity index (χ0n) is 26.2. The van der Waals surface area contributed by atoms with Crippen molar-refractivity contribution in [2.24, 2.45) is 11.5 Å². The number of anilines is 1. The van der Waals surface area contributed by atoms with Gasteiger partial charge in [0.15, 0.2) is 17.5 Å². The summed E-state index contributed by atoms with van der Waals surface area (Å²) < 4.78 is 16.5. The highest BCUT2D eigenvalue weighted by Gasteiger charge is 2.24. The molecule has 0 unspecified atom stereocenters. The molecule has 0 aromatic heterocycles. The molecule has 1 aliphatic rings. The lowest BCUT2D eigenvalue weighted by atomic mass is 10.0. The number of guanidine groups is 1. The summed E-state index contributed by atoms with van der Waals surface area (Å²) in [7, 11) is 4.76. The van der Waals surface area contributed by atoms with Crippen molar-refractivity contribution in [2.75, 3.05) is 52.8 Å². The summed E-state index contributed by atoms with van der Waals surface area (Å²) in [6.07, 6.45) is 0. The topological polar surface area (TPSA) is 220 Å². The molecular formula is C31H39N7O8. The molecule has 1 fully saturated rings. The van der Waals surface area contributed by atoms with Crippen molar-refractivity contribution >= 4 is 29.2 Å². The molecule has 0 radical (unpaired) electrons. The van der Waals surface area contributed by atoms with Crippen LogP contribution in [0.4, 0.5) is 11.4 Å². The summed E-state index contributed by atoms with van der Waals surface area (Å²) in [5.74, 6) is -0.218. The number of nitro benzene ring substituents is 1. The number of hydrogen-bond donors (Lipinski definition) is 5. The number of hydrogen-bond acceptors (Lipinski definition) is 10. The highest BCUT2D eigenvalue weighted by molar-refractivity contribution is 6.06. The van der Waals surface area contributed by atoms with E-state index in [-0.39, 0.29) is 28.3 Å². The van der Waals surface area contributed by atoms with Crippen LogP contribution in [0.2, 0.25) is 0 Å². The summed E-state index contributed by atoms with van der Waals surface area (Å²) in [5, 5.41) is 29.7. The minimum absolute atomic E-state index is 0.0264. The van der Waals surface area contributed by atoms with E-state index in [1.807, 2.05) is 12.1 Å². The fourth-order valence-corrected chi connectivity index (χ4v) is 5.10. The van der Waals surface area contributed by atoms with Crippen LogP contribution in [0.15, 0.2) is 48.5 Å². The van der Waals surface area contributed by atoms with Gasteiger partial charge in [0, 0.05) is 67.7 Å². The number of nitrogens with two attached hydrogens (primary N) is 2. The van der Waals surface area contributed by atoms with Crippen molar-refractivity contribution in [3.63, 3.8) is 0 Å². The summed E-state index contributed by atoms with van der Waals surface area (Å²) in [6, 6.07) is 12.7. The number of rotatable bonds is 11. The van der Waals surface area contributed by atoms with Gasteiger partial charge in [-0.25, -0.2) is 4.79 Å². The molecule has 15 heteroatoms. The van der Waals surface area contributed by atoms with Gasteiger partial charge in [0.1, 0.15) is 0 Å². The molecule has 3 aromatic rings. The number of carbonyl (C=O) groups excluding carboxylic acids is 1. The van der Waals surface area contributed by atoms with E-state index in [0.717, 1.165) is 37.3 Å². The second kappa shape index (κ2) is 16.1. The van der Waals surface area contributed by atoms with Gasteiger partial charge < -0.3 is 36.1 Å². The third-order valence-electron chi connectivity index (χ3n) is 7.39. The molecule has 7 N–H and O–H groups in total. The highest BCUT2D eigenvalue weighted by atomic mass is 16.6. The molecule has 1 aliphatic heterocycles. The van der Waals surface area contributed by atoms with E-state index >= 15 is 0 Å². The molecule has 0 atom stereocenters. The number of carboxylic acids is 1. The first kappa shape index (κ1) is 35.1. The summed E-state index contributed by atoms with van der Waals surface area (Å²) in [4.78, 5) is 40.2. The van der Waals surface area contributed by atoms with E-state index in [4.69, 9.17) is 19.6 Å². The Morgan fingerprint density at radius 3 is 2.02 bits per heavy atom. The second-order valence-electron chi connectivity index (χ2n) is 10.3. The average molecular weight is 638 g/mol. The largest absolute Gasteiger partial charge is 0.493 e. The van der Waals surface area contributed by atoms with Crippen molar-refractivity contribution in [3.05, 3.63) is 86.5 Å². The molecule has 1 heterocycles. The van der Waals surface area contributed by atoms with Crippen LogP contribution in [0, 0.1) is 22.4 Å². The van der Waals surface area contributed by atoms with Crippen molar-refractivity contribution in [1.82, 2.24) is 9.80 Å². The lowest BCUT2D eigenvalue weighted by molar-refractivity contribution is -0.385. The molecule has 0 bridgehead atoms. The van der Waals surface area contributed by atoms with E-state index < -0.39 is 16.8 Å². The molecule has 246 valence electrons. The van der Waals surface area contributed by atoms with Gasteiger partial charge in [0.2, 0.25) is 5.75 Å². The van der Waals surface area contributed by atoms with Crippen molar-refractivity contribution < 1.29 is 33.8 Å². The number of carboxylic acid groups (broad SMARTS) is 1. The normalized spacial score (nSPS) is 13.1. The first-order chi connectivity index (χ1) is 21.9. The Kier molecular flexibility index (Phi) is 12.2. The Balaban J connectivity index is 0.00000136. The van der Waals surface area contributed by atoms with Gasteiger partial charge in [-0.15, -0.1) is 0 Å². The summed E-state index contributed by atoms with van der Waals surface area (Å²) in [5.41, 5.74) is 11.3. The Labute approximate surface area is 266 Å². The van der Waals surface area contributed by atoms with Crippen LogP contribution in [0.5, 0.6) is 17.2 Å². The predicted molar refractivity (Wildman–Crippen MR) is 172 cm³/mol. The van der Waals surface area contributed by atoms with Crippen LogP contribution < -0.4 is 31.0 Å². The number of piperazine rings is 1. The maximum absolute atomic E-state index is 13.2. The zero-order valence-corrected chi connectivity index (χ0v) is 26.2. The van der Waals surface area contributed by atoms with Crippen LogP contribution in [0.25, 0.3) is 0 Å². The smallest absolute Gasteiger partial charge is 0.335 e. The molecule has 0 saturated carbocycles. The SMILES string of the molecule is COc1ccc(CN2CCN(Cc3ccc(C(=O)O)cc3NC(=O)c3cccc([N+](=O)[O-])c3C)CC2)c(OC)c1OC.N=C(N)N. The van der Waals surface area contributed by atoms with Crippen LogP contribution in [0.1, 0.15) is 37.4 Å². The Hall–Kier alpha value is -5.41. The van der Waals surface area contributed by atoms with E-state index in [1.54, 1.807) is 27.4 Å². The molecular weight excluding hydrogens is 598 g/mol. The van der Waals surface area contributed by atoms with Crippen molar-refractivity contribution in [3.8, 4) is 17.2 Å². The van der Waals surface area contributed by atoms with Crippen LogP contribution in [0.3, 0.4) is 0 Å². The maximum atomic E-state index is 13.2. The molecule has 1 amide bonds. The molecule has 46 heavy (non-hydrogen) atoms. The standard InChI is InChI=1S/C30H34N4O8.CH5N3/c1-19-23(6-5-7-25(19)34(38)39)29(35)31-24-16-20(30(36)37)8-9-21(24)17-32-12-14-33(15-13-32)18-22-10-11-26(40-2)28(42-4)27(22)41-3;2-1(3)4/h5-11,16H,12-15,17-18H2,1-4H3,(H,31,35)(H,36,37);(H5,2,3,4). The van der Waals surface area contributed by atoms with Crippen LogP contribution in [-0.2, 0) is 13.1 Å². The Bertz CT molecular complexity index is 1590. The fraction of sp³-hybridized carbons (Fsp3) is 0.323. The van der Waals surface area contributed by atoms with Gasteiger partial charge in [-0.05, 0) is 36.8 Å². The maximum Gasteiger partial charge on any atom is 0.335 e. The Morgan fingerprint density at radius 2 is 1.50 bits per heavy atom. The van der Waals surface area contributed by atoms with E-state index in [9.17, 15) is 24.8 Å². The number of nitrogens with zero attached hydrogens (tertiary/aromatic N) is 3. The second-order valence-corrected chi connectivity index (χ2v) is 10.3. The number of nitro groups is 1. The first-order valence-electron chi connectivity index (χ1n) is 14.1. The van der Waals surface area contributed by atoms with E-state index in [1.165, 1.54) is 37.3 Å². The van der Waals surface area contributed by atoms with Crippen LogP contribution in [-0.4, -0.2) is 85.2 Å². The minimum atomic E-state index is -1.12. The van der Waals surface area contributed by atoms with Crippen LogP contribution >= 0.6 is 0 Å². The third-order valence-corrected chi connectivity index (χ3v) is 7.39. The molecule has 0 spiro atoms. The lowest BCUT2D eigenvalue weighted by Gasteiger charge is -2.35. The van der Waals surface area contributed by atoms with Gasteiger partial charge in [0.05, 0.1) is 31.8 Å². The van der Waals surface area contributed by atoms with Gasteiger partial charge in [-0.3, -0.25) is 30.1 Å². The first-order valence-corrected chi connectivity index (χ1v) is 14.1. The number of ether oxygens (including phenoxy) is 3. The van der Waals surface area contributed by atoms with Gasteiger partial charge in [-0.1, -0.05) is 18.2 Å². The lowest BCUT2D eigenvalue weighted by Crippen LogP contribution is -2.45. The van der Waals surface area contributed by atoms with Crippen molar-refractivity contribution in [2.45, 2.75) is 20.0 Å². The molecule has 3 aromatic carbocycles. The number of methoxy groups -OCH3 is 3. The van der Waals surface area contributed by atoms with Gasteiger partial charge in [0.25, 0.3) is 11.6 Å². The van der Waals surface area contributed by atoms with Gasteiger partial charge in [-0.2, -0.15) is 0 Å². The number of benzene rings is 3. The number of carbonyl (C=O) groups is 2. The molecule has 1 saturated heterocycles. The zero-order chi connectivity index (χ0) is 34.0. The van der Waals surface area contributed by atoms with Crippen molar-refractivity contribution in [1.29, 1.82) is 5.41 Å². The summed E-state index contributed by atoms with van der Waals surface area (Å²) >= 11 is 0. The molecule has 4 rings (SSSR count). The average Bonchev–Trinajstić information content (AvgIpc) is 3.01. The predicted octanol–water partition coefficient (Wildman–Crippen LogP) is 3.04. The van der Waals surface area contributed by atoms with E-state index in [0.29, 0.717) is 36.0 Å². The fourth-order valence-electron chi connectivity index (χ4n) is 5.10. The number of amides is 1. The number of aromatic carboxylic acids is 1. The van der Waals surface area contributed by atoms with Gasteiger partial charge >= 0.3 is 5.97 Å². The molecule has 0 aliphatic carbocycles. The third kappa shape index (κ3) is 8.83. The molecule has 15 nitrogen and oxygen atoms in total. The summed E-state index contributed by atoms with van der Waals surface area (Å²) in [6.45, 7) is 5.70.